The number of aliphatic hydroxyl groups is 1. The fraction of sp³-hybridized carbons (Fsp3) is 0.500. The Morgan fingerprint density at radius 3 is 2.44 bits per heavy atom. The van der Waals surface area contributed by atoms with Gasteiger partial charge in [0, 0.05) is 6.61 Å². The third-order valence-corrected chi connectivity index (χ3v) is 5.25. The summed E-state index contributed by atoms with van der Waals surface area (Å²) in [6.07, 6.45) is 2.60. The Morgan fingerprint density at radius 2 is 1.94 bits per heavy atom. The van der Waals surface area contributed by atoms with Crippen molar-refractivity contribution in [3.05, 3.63) is 49.7 Å². The topological polar surface area (TPSA) is 126 Å². The van der Waals surface area contributed by atoms with Crippen LogP contribution in [0.25, 0.3) is 0 Å². The van der Waals surface area contributed by atoms with Crippen molar-refractivity contribution in [2.75, 3.05) is 36.1 Å². The summed E-state index contributed by atoms with van der Waals surface area (Å²) in [5.74, 6) is 1.14. The van der Waals surface area contributed by atoms with Gasteiger partial charge in [0.15, 0.2) is 5.16 Å². The molecule has 0 bridgehead atoms. The quantitative estimate of drug-likeness (QED) is 0.152. The average Bonchev–Trinajstić information content (AvgIpc) is 2.75. The van der Waals surface area contributed by atoms with Crippen LogP contribution in [0, 0.1) is 25.8 Å². The van der Waals surface area contributed by atoms with Crippen LogP contribution in [0.4, 0.5) is 11.9 Å². The first-order valence-electron chi connectivity index (χ1n) is 10.5. The molecule has 0 aliphatic heterocycles. The Morgan fingerprint density at radius 1 is 1.24 bits per heavy atom. The molecular formula is C22H34LiN5O4S2-2. The van der Waals surface area contributed by atoms with E-state index in [9.17, 15) is 13.5 Å². The van der Waals surface area contributed by atoms with E-state index in [0.29, 0.717) is 23.4 Å². The van der Waals surface area contributed by atoms with Crippen molar-refractivity contribution in [1.29, 1.82) is 0 Å². The molecule has 34 heavy (non-hydrogen) atoms. The van der Waals surface area contributed by atoms with Crippen LogP contribution >= 0.6 is 11.8 Å². The molecule has 0 aliphatic rings. The predicted molar refractivity (Wildman–Crippen MR) is 133 cm³/mol. The molecule has 3 N–H and O–H groups in total. The van der Waals surface area contributed by atoms with Gasteiger partial charge in [-0.15, -0.1) is 5.56 Å². The predicted octanol–water partition coefficient (Wildman–Crippen LogP) is 0.220. The number of nitrogens with zero attached hydrogens (tertiary/aromatic N) is 3. The van der Waals surface area contributed by atoms with Crippen LogP contribution < -0.4 is 28.9 Å². The summed E-state index contributed by atoms with van der Waals surface area (Å²) in [6.45, 7) is 12.4. The summed E-state index contributed by atoms with van der Waals surface area (Å²) >= 11 is 1.36. The van der Waals surface area contributed by atoms with Crippen LogP contribution in [-0.2, 0) is 20.5 Å². The van der Waals surface area contributed by atoms with Crippen LogP contribution in [-0.4, -0.2) is 60.6 Å². The number of hydrogen-bond donors (Lipinski definition) is 3. The summed E-state index contributed by atoms with van der Waals surface area (Å²) < 4.78 is 30.2. The van der Waals surface area contributed by atoms with Crippen LogP contribution in [0.15, 0.2) is 29.4 Å². The van der Waals surface area contributed by atoms with Crippen molar-refractivity contribution < 1.29 is 37.1 Å². The molecule has 1 atom stereocenters. The van der Waals surface area contributed by atoms with E-state index in [0.717, 1.165) is 31.3 Å². The number of rotatable bonds is 13. The molecular weight excluding hydrogens is 469 g/mol. The largest absolute Gasteiger partial charge is 1.00 e. The van der Waals surface area contributed by atoms with Gasteiger partial charge in [-0.05, 0) is 18.1 Å². The number of thioether (sulfide) groups is 1. The Hall–Kier alpha value is -1.35. The second-order valence-electron chi connectivity index (χ2n) is 7.46. The first kappa shape index (κ1) is 32.6. The monoisotopic (exact) mass is 503 g/mol. The second-order valence-corrected chi connectivity index (χ2v) is 10.2. The average molecular weight is 504 g/mol. The molecule has 0 fully saturated rings. The molecule has 0 spiro atoms. The van der Waals surface area contributed by atoms with E-state index < -0.39 is 10.0 Å². The molecule has 1 heterocycles. The van der Waals surface area contributed by atoms with Crippen molar-refractivity contribution in [3.8, 4) is 0 Å². The van der Waals surface area contributed by atoms with Crippen molar-refractivity contribution in [2.24, 2.45) is 5.92 Å². The number of anilines is 2. The minimum atomic E-state index is -3.53. The molecule has 0 saturated heterocycles. The first-order chi connectivity index (χ1) is 15.7. The van der Waals surface area contributed by atoms with Crippen molar-refractivity contribution in [1.82, 2.24) is 15.0 Å². The third kappa shape index (κ3) is 15.5. The van der Waals surface area contributed by atoms with E-state index in [-0.39, 0.29) is 43.4 Å². The van der Waals surface area contributed by atoms with Gasteiger partial charge in [-0.3, -0.25) is 4.72 Å². The Labute approximate surface area is 220 Å². The van der Waals surface area contributed by atoms with E-state index in [4.69, 9.17) is 4.74 Å². The zero-order chi connectivity index (χ0) is 24.7. The normalized spacial score (nSPS) is 11.7. The molecule has 0 amide bonds. The number of nitrogens with one attached hydrogen (secondary N) is 2. The number of sulfonamides is 1. The minimum absolute atomic E-state index is 0. The molecule has 0 radical (unpaired) electrons. The number of aliphatic hydroxyl groups excluding tert-OH is 1. The van der Waals surface area contributed by atoms with Crippen LogP contribution in [0.3, 0.4) is 0 Å². The Bertz CT molecular complexity index is 901. The maximum atomic E-state index is 11.5. The van der Waals surface area contributed by atoms with Crippen LogP contribution in [0.5, 0.6) is 0 Å². The summed E-state index contributed by atoms with van der Waals surface area (Å²) in [5.41, 5.74) is 1.04. The van der Waals surface area contributed by atoms with Gasteiger partial charge in [0.25, 0.3) is 0 Å². The van der Waals surface area contributed by atoms with E-state index in [2.05, 4.69) is 44.9 Å². The maximum absolute atomic E-state index is 11.5. The van der Waals surface area contributed by atoms with Gasteiger partial charge in [-0.1, -0.05) is 32.2 Å². The summed E-state index contributed by atoms with van der Waals surface area (Å²) in [5, 5.41) is 13.0. The fourth-order valence-corrected chi connectivity index (χ4v) is 3.70. The number of aromatic nitrogens is 3. The molecule has 2 rings (SSSR count). The van der Waals surface area contributed by atoms with Gasteiger partial charge in [0.05, 0.1) is 18.9 Å². The van der Waals surface area contributed by atoms with Gasteiger partial charge in [-0.2, -0.15) is 51.7 Å². The second kappa shape index (κ2) is 18.0. The van der Waals surface area contributed by atoms with Crippen molar-refractivity contribution in [2.45, 2.75) is 43.6 Å². The smallest absolute Gasteiger partial charge is 0.416 e. The van der Waals surface area contributed by atoms with E-state index in [1.54, 1.807) is 0 Å². The van der Waals surface area contributed by atoms with Gasteiger partial charge in [0.2, 0.25) is 21.9 Å². The molecule has 12 heteroatoms. The molecule has 1 aromatic carbocycles. The minimum Gasteiger partial charge on any atom is -0.416 e. The number of ether oxygens (including phenoxy) is 1. The summed E-state index contributed by atoms with van der Waals surface area (Å²) in [4.78, 5) is 12.6. The number of hydrogen-bond acceptors (Lipinski definition) is 9. The molecule has 0 aliphatic carbocycles. The maximum Gasteiger partial charge on any atom is 1.00 e. The summed E-state index contributed by atoms with van der Waals surface area (Å²) in [7, 11) is -3.53. The SMILES string of the molecule is CC(C)C[C@H](CO)Nc1nc(NS(C)(=O)=O)nc(SCc2c[c-]ccc2)n1.[CH2-]CCOC[CH2-].[Li+]. The van der Waals surface area contributed by atoms with Gasteiger partial charge in [-0.25, -0.2) is 8.42 Å². The standard InChI is InChI=1S/C17H24N5O3S2.C5H10O.Li/c1-12(2)9-14(10-23)18-15-19-16(22-27(3,24)25)21-17(20-15)26-11-13-7-5-4-6-8-13;1-3-5-6-4-2;/h4-5,7-8,12,14,23H,9-11H2,1-3H3,(H2,18,19,20,21,22);1-5H2;/q-1;-2;+1/t14-;;/m1../s1. The molecule has 9 nitrogen and oxygen atoms in total. The van der Waals surface area contributed by atoms with E-state index in [1.165, 1.54) is 11.8 Å². The molecule has 1 aromatic heterocycles. The molecule has 0 unspecified atom stereocenters. The van der Waals surface area contributed by atoms with Gasteiger partial charge >= 0.3 is 18.9 Å². The van der Waals surface area contributed by atoms with Gasteiger partial charge < -0.3 is 29.0 Å². The van der Waals surface area contributed by atoms with Crippen LogP contribution in [0.2, 0.25) is 0 Å². The van der Waals surface area contributed by atoms with Crippen molar-refractivity contribution >= 4 is 33.7 Å². The summed E-state index contributed by atoms with van der Waals surface area (Å²) in [6, 6.07) is 10.3. The zero-order valence-electron chi connectivity index (χ0n) is 20.5. The Kier molecular flexibility index (Phi) is 17.3. The fourth-order valence-electron chi connectivity index (χ4n) is 2.50. The Balaban J connectivity index is 0.00000138. The van der Waals surface area contributed by atoms with Crippen LogP contribution in [0.1, 0.15) is 32.3 Å². The number of benzene rings is 1. The van der Waals surface area contributed by atoms with E-state index in [1.807, 2.05) is 38.1 Å². The van der Waals surface area contributed by atoms with E-state index >= 15 is 0 Å². The molecule has 0 saturated carbocycles. The zero-order valence-corrected chi connectivity index (χ0v) is 22.1. The molecule has 2 aromatic rings. The first-order valence-corrected chi connectivity index (χ1v) is 13.4. The van der Waals surface area contributed by atoms with Crippen molar-refractivity contribution in [3.63, 3.8) is 0 Å². The third-order valence-electron chi connectivity index (χ3n) is 3.77. The molecule has 186 valence electrons. The van der Waals surface area contributed by atoms with Gasteiger partial charge in [0.1, 0.15) is 0 Å².